The molecular formula is C22H30FN5O. The minimum atomic E-state index is -0.319. The SMILES string of the molecule is CC1(C)CC(NC(=O)N2CC(c3nn(-c4ccccc4)cc3F)C2)CC(C)(C)N1. The molecule has 2 amide bonds. The first-order chi connectivity index (χ1) is 13.6. The number of rotatable bonds is 3. The lowest BCUT2D eigenvalue weighted by atomic mass is 9.79. The fourth-order valence-electron chi connectivity index (χ4n) is 4.86. The van der Waals surface area contributed by atoms with Crippen LogP contribution < -0.4 is 10.6 Å². The lowest BCUT2D eigenvalue weighted by Crippen LogP contribution is -2.64. The van der Waals surface area contributed by atoms with Crippen molar-refractivity contribution in [2.45, 2.75) is 63.6 Å². The van der Waals surface area contributed by atoms with Crippen LogP contribution in [0.4, 0.5) is 9.18 Å². The largest absolute Gasteiger partial charge is 0.335 e. The third-order valence-corrected chi connectivity index (χ3v) is 5.79. The van der Waals surface area contributed by atoms with E-state index in [9.17, 15) is 9.18 Å². The molecule has 156 valence electrons. The molecule has 2 N–H and O–H groups in total. The second-order valence-electron chi connectivity index (χ2n) is 9.69. The van der Waals surface area contributed by atoms with Crippen molar-refractivity contribution in [1.82, 2.24) is 25.3 Å². The summed E-state index contributed by atoms with van der Waals surface area (Å²) in [5.74, 6) is -0.382. The lowest BCUT2D eigenvalue weighted by Gasteiger charge is -2.47. The molecule has 4 rings (SSSR count). The number of carbonyl (C=O) groups excluding carboxylic acids is 1. The van der Waals surface area contributed by atoms with Crippen molar-refractivity contribution in [2.75, 3.05) is 13.1 Å². The van der Waals surface area contributed by atoms with Gasteiger partial charge in [0.15, 0.2) is 5.82 Å². The van der Waals surface area contributed by atoms with E-state index in [4.69, 9.17) is 0 Å². The topological polar surface area (TPSA) is 62.2 Å². The van der Waals surface area contributed by atoms with Crippen LogP contribution in [0.5, 0.6) is 0 Å². The molecule has 0 bridgehead atoms. The number of para-hydroxylation sites is 1. The summed E-state index contributed by atoms with van der Waals surface area (Å²) in [7, 11) is 0. The number of nitrogens with zero attached hydrogens (tertiary/aromatic N) is 3. The fraction of sp³-hybridized carbons (Fsp3) is 0.545. The van der Waals surface area contributed by atoms with Gasteiger partial charge in [0.25, 0.3) is 0 Å². The van der Waals surface area contributed by atoms with E-state index in [0.29, 0.717) is 18.8 Å². The van der Waals surface area contributed by atoms with Gasteiger partial charge in [-0.2, -0.15) is 5.10 Å². The number of hydrogen-bond acceptors (Lipinski definition) is 3. The van der Waals surface area contributed by atoms with Gasteiger partial charge in [-0.1, -0.05) is 18.2 Å². The monoisotopic (exact) mass is 399 g/mol. The predicted octanol–water partition coefficient (Wildman–Crippen LogP) is 3.43. The average molecular weight is 400 g/mol. The first kappa shape index (κ1) is 19.9. The molecule has 1 aromatic heterocycles. The molecule has 29 heavy (non-hydrogen) atoms. The Hall–Kier alpha value is -2.41. The van der Waals surface area contributed by atoms with E-state index in [1.807, 2.05) is 30.3 Å². The van der Waals surface area contributed by atoms with Crippen molar-refractivity contribution in [3.63, 3.8) is 0 Å². The molecule has 2 fully saturated rings. The number of likely N-dealkylation sites (tertiary alicyclic amines) is 1. The van der Waals surface area contributed by atoms with Crippen molar-refractivity contribution in [2.24, 2.45) is 0 Å². The van der Waals surface area contributed by atoms with Crippen LogP contribution in [0.25, 0.3) is 5.69 Å². The van der Waals surface area contributed by atoms with Crippen molar-refractivity contribution < 1.29 is 9.18 Å². The van der Waals surface area contributed by atoms with Gasteiger partial charge in [0, 0.05) is 36.1 Å². The number of carbonyl (C=O) groups is 1. The Labute approximate surface area is 171 Å². The van der Waals surface area contributed by atoms with E-state index in [2.05, 4.69) is 43.4 Å². The second-order valence-corrected chi connectivity index (χ2v) is 9.69. The molecule has 6 nitrogen and oxygen atoms in total. The summed E-state index contributed by atoms with van der Waals surface area (Å²) in [4.78, 5) is 14.4. The molecule has 0 aliphatic carbocycles. The van der Waals surface area contributed by atoms with Crippen LogP contribution in [0.2, 0.25) is 0 Å². The number of piperidine rings is 1. The van der Waals surface area contributed by atoms with Crippen LogP contribution >= 0.6 is 0 Å². The van der Waals surface area contributed by atoms with E-state index in [0.717, 1.165) is 18.5 Å². The average Bonchev–Trinajstić information content (AvgIpc) is 2.93. The van der Waals surface area contributed by atoms with Crippen LogP contribution in [-0.2, 0) is 0 Å². The highest BCUT2D eigenvalue weighted by atomic mass is 19.1. The standard InChI is InChI=1S/C22H30FN5O/c1-21(2)10-16(11-22(3,4)26-21)24-20(29)27-12-15(13-27)19-18(23)14-28(25-19)17-8-6-5-7-9-17/h5-9,14-16,26H,10-13H2,1-4H3,(H,24,29). The highest BCUT2D eigenvalue weighted by Crippen LogP contribution is 2.31. The first-order valence-electron chi connectivity index (χ1n) is 10.3. The third-order valence-electron chi connectivity index (χ3n) is 5.79. The molecule has 0 unspecified atom stereocenters. The van der Waals surface area contributed by atoms with Crippen LogP contribution in [-0.4, -0.2) is 50.9 Å². The molecule has 0 atom stereocenters. The van der Waals surface area contributed by atoms with Gasteiger partial charge in [0.2, 0.25) is 0 Å². The normalized spacial score (nSPS) is 21.6. The molecule has 2 aromatic rings. The van der Waals surface area contributed by atoms with E-state index in [-0.39, 0.29) is 34.9 Å². The van der Waals surface area contributed by atoms with E-state index in [1.165, 1.54) is 6.20 Å². The van der Waals surface area contributed by atoms with Gasteiger partial charge in [0.1, 0.15) is 5.69 Å². The van der Waals surface area contributed by atoms with Gasteiger partial charge in [-0.05, 0) is 52.7 Å². The second kappa shape index (κ2) is 7.13. The Balaban J connectivity index is 1.35. The van der Waals surface area contributed by atoms with Gasteiger partial charge in [0.05, 0.1) is 11.9 Å². The molecule has 2 aliphatic rings. The summed E-state index contributed by atoms with van der Waals surface area (Å²) >= 11 is 0. The summed E-state index contributed by atoms with van der Waals surface area (Å²) in [6.07, 6.45) is 3.18. The van der Waals surface area contributed by atoms with Gasteiger partial charge >= 0.3 is 6.03 Å². The lowest BCUT2D eigenvalue weighted by molar-refractivity contribution is 0.121. The van der Waals surface area contributed by atoms with Gasteiger partial charge in [-0.3, -0.25) is 0 Å². The summed E-state index contributed by atoms with van der Waals surface area (Å²) in [6.45, 7) is 9.65. The summed E-state index contributed by atoms with van der Waals surface area (Å²) in [6, 6.07) is 9.54. The molecule has 0 radical (unpaired) electrons. The summed E-state index contributed by atoms with van der Waals surface area (Å²) in [5.41, 5.74) is 1.21. The van der Waals surface area contributed by atoms with Gasteiger partial charge in [-0.15, -0.1) is 0 Å². The van der Waals surface area contributed by atoms with Crippen molar-refractivity contribution in [3.8, 4) is 5.69 Å². The summed E-state index contributed by atoms with van der Waals surface area (Å²) < 4.78 is 16.0. The number of amides is 2. The Kier molecular flexibility index (Phi) is 4.89. The van der Waals surface area contributed by atoms with Gasteiger partial charge < -0.3 is 15.5 Å². The van der Waals surface area contributed by atoms with Crippen LogP contribution in [0, 0.1) is 5.82 Å². The van der Waals surface area contributed by atoms with Crippen LogP contribution in [0.3, 0.4) is 0 Å². The number of halogens is 1. The van der Waals surface area contributed by atoms with Crippen LogP contribution in [0.1, 0.15) is 52.1 Å². The zero-order chi connectivity index (χ0) is 20.8. The molecule has 1 aromatic carbocycles. The molecule has 2 saturated heterocycles. The van der Waals surface area contributed by atoms with Gasteiger partial charge in [-0.25, -0.2) is 13.9 Å². The Morgan fingerprint density at radius 2 is 1.76 bits per heavy atom. The zero-order valence-electron chi connectivity index (χ0n) is 17.6. The Bertz CT molecular complexity index is 870. The third kappa shape index (κ3) is 4.29. The first-order valence-corrected chi connectivity index (χ1v) is 10.3. The maximum Gasteiger partial charge on any atom is 0.317 e. The number of benzene rings is 1. The molecule has 2 aliphatic heterocycles. The van der Waals surface area contributed by atoms with Crippen molar-refractivity contribution >= 4 is 6.03 Å². The van der Waals surface area contributed by atoms with Crippen molar-refractivity contribution in [3.05, 3.63) is 48.0 Å². The molecule has 3 heterocycles. The minimum absolute atomic E-state index is 0.0232. The number of urea groups is 1. The van der Waals surface area contributed by atoms with Crippen LogP contribution in [0.15, 0.2) is 36.5 Å². The molecule has 0 saturated carbocycles. The quantitative estimate of drug-likeness (QED) is 0.831. The molecule has 0 spiro atoms. The van der Waals surface area contributed by atoms with Crippen molar-refractivity contribution in [1.29, 1.82) is 0 Å². The fourth-order valence-corrected chi connectivity index (χ4v) is 4.86. The highest BCUT2D eigenvalue weighted by Gasteiger charge is 2.40. The predicted molar refractivity (Wildman–Crippen MR) is 111 cm³/mol. The summed E-state index contributed by atoms with van der Waals surface area (Å²) in [5, 5.41) is 11.2. The molecule has 7 heteroatoms. The van der Waals surface area contributed by atoms with E-state index >= 15 is 0 Å². The zero-order valence-corrected chi connectivity index (χ0v) is 17.6. The maximum absolute atomic E-state index is 14.4. The number of hydrogen-bond donors (Lipinski definition) is 2. The minimum Gasteiger partial charge on any atom is -0.335 e. The number of aromatic nitrogens is 2. The van der Waals surface area contributed by atoms with E-state index < -0.39 is 0 Å². The highest BCUT2D eigenvalue weighted by molar-refractivity contribution is 5.75. The molecular weight excluding hydrogens is 369 g/mol. The van der Waals surface area contributed by atoms with E-state index in [1.54, 1.807) is 9.58 Å². The number of nitrogens with one attached hydrogen (secondary N) is 2. The Morgan fingerprint density at radius 1 is 1.14 bits per heavy atom. The maximum atomic E-state index is 14.4. The smallest absolute Gasteiger partial charge is 0.317 e. The Morgan fingerprint density at radius 3 is 2.38 bits per heavy atom.